The number of hydrogen-bond acceptors (Lipinski definition) is 8. The van der Waals surface area contributed by atoms with Gasteiger partial charge in [0.1, 0.15) is 10.9 Å². The van der Waals surface area contributed by atoms with Crippen LogP contribution in [0.5, 0.6) is 0 Å². The van der Waals surface area contributed by atoms with Crippen molar-refractivity contribution in [1.29, 1.82) is 0 Å². The van der Waals surface area contributed by atoms with E-state index < -0.39 is 0 Å². The number of hydrazine groups is 2. The van der Waals surface area contributed by atoms with Crippen LogP contribution in [0.25, 0.3) is 10.9 Å². The molecule has 0 saturated carbocycles. The molecular formula is C14H17N7S. The summed E-state index contributed by atoms with van der Waals surface area (Å²) >= 11 is 1.51. The van der Waals surface area contributed by atoms with Gasteiger partial charge in [0.2, 0.25) is 0 Å². The molecule has 0 aliphatic carbocycles. The van der Waals surface area contributed by atoms with Crippen LogP contribution in [0, 0.1) is 6.92 Å². The highest BCUT2D eigenvalue weighted by atomic mass is 32.2. The number of nitrogens with zero attached hydrogens (tertiary/aromatic N) is 3. The van der Waals surface area contributed by atoms with Gasteiger partial charge in [0.05, 0.1) is 11.2 Å². The van der Waals surface area contributed by atoms with Crippen molar-refractivity contribution >= 4 is 39.1 Å². The van der Waals surface area contributed by atoms with E-state index in [0.29, 0.717) is 11.5 Å². The third kappa shape index (κ3) is 2.86. The third-order valence-corrected chi connectivity index (χ3v) is 3.74. The summed E-state index contributed by atoms with van der Waals surface area (Å²) in [5.74, 6) is 0.518. The predicted octanol–water partition coefficient (Wildman–Crippen LogP) is 1.75. The number of hydrazone groups is 1. The molecule has 1 aliphatic rings. The number of thioether (sulfide) groups is 1. The van der Waals surface area contributed by atoms with E-state index in [1.165, 1.54) is 17.0 Å². The van der Waals surface area contributed by atoms with Gasteiger partial charge in [-0.15, -0.1) is 22.1 Å². The number of nitrogens with one attached hydrogen (secondary N) is 2. The molecular weight excluding hydrogens is 298 g/mol. The number of aromatic nitrogens is 1. The maximum Gasteiger partial charge on any atom is 0.124 e. The van der Waals surface area contributed by atoms with Crippen LogP contribution < -0.4 is 22.3 Å². The largest absolute Gasteiger partial charge is 0.398 e. The lowest BCUT2D eigenvalue weighted by Gasteiger charge is -2.26. The fourth-order valence-corrected chi connectivity index (χ4v) is 2.58. The molecule has 7 nitrogen and oxygen atoms in total. The van der Waals surface area contributed by atoms with E-state index in [4.69, 9.17) is 11.5 Å². The van der Waals surface area contributed by atoms with Gasteiger partial charge in [-0.1, -0.05) is 0 Å². The maximum absolute atomic E-state index is 6.07. The zero-order valence-electron chi connectivity index (χ0n) is 12.3. The molecule has 8 heteroatoms. The zero-order valence-corrected chi connectivity index (χ0v) is 13.1. The van der Waals surface area contributed by atoms with Crippen LogP contribution in [-0.2, 0) is 0 Å². The van der Waals surface area contributed by atoms with E-state index in [2.05, 4.69) is 20.9 Å². The number of anilines is 2. The van der Waals surface area contributed by atoms with Crippen LogP contribution in [0.1, 0.15) is 5.69 Å². The smallest absolute Gasteiger partial charge is 0.124 e. The van der Waals surface area contributed by atoms with Crippen molar-refractivity contribution < 1.29 is 0 Å². The third-order valence-electron chi connectivity index (χ3n) is 3.13. The lowest BCUT2D eigenvalue weighted by atomic mass is 10.1. The van der Waals surface area contributed by atoms with Crippen LogP contribution in [0.2, 0.25) is 0 Å². The van der Waals surface area contributed by atoms with Gasteiger partial charge in [0.15, 0.2) is 0 Å². The second-order valence-corrected chi connectivity index (χ2v) is 5.69. The summed E-state index contributed by atoms with van der Waals surface area (Å²) in [5, 5.41) is 7.52. The summed E-state index contributed by atoms with van der Waals surface area (Å²) in [4.78, 5) is 4.46. The van der Waals surface area contributed by atoms with Gasteiger partial charge in [-0.25, -0.2) is 5.43 Å². The molecule has 1 aliphatic heterocycles. The highest BCUT2D eigenvalue weighted by Gasteiger charge is 2.11. The quantitative estimate of drug-likeness (QED) is 0.669. The second-order valence-electron chi connectivity index (χ2n) is 4.86. The Balaban J connectivity index is 1.89. The average molecular weight is 315 g/mol. The second kappa shape index (κ2) is 5.64. The van der Waals surface area contributed by atoms with Gasteiger partial charge >= 0.3 is 0 Å². The number of rotatable bonds is 2. The molecule has 114 valence electrons. The minimum atomic E-state index is 0.518. The summed E-state index contributed by atoms with van der Waals surface area (Å²) in [7, 11) is 0. The molecule has 0 spiro atoms. The molecule has 6 N–H and O–H groups in total. The van der Waals surface area contributed by atoms with Crippen LogP contribution in [-0.4, -0.2) is 21.5 Å². The molecule has 2 aromatic rings. The topological polar surface area (TPSA) is 105 Å². The Labute approximate surface area is 132 Å². The van der Waals surface area contributed by atoms with Crippen molar-refractivity contribution in [3.63, 3.8) is 0 Å². The van der Waals surface area contributed by atoms with E-state index >= 15 is 0 Å². The Morgan fingerprint density at radius 3 is 2.86 bits per heavy atom. The highest BCUT2D eigenvalue weighted by Crippen LogP contribution is 2.24. The summed E-state index contributed by atoms with van der Waals surface area (Å²) in [6.07, 6.45) is 3.71. The molecule has 0 atom stereocenters. The number of benzene rings is 1. The summed E-state index contributed by atoms with van der Waals surface area (Å²) < 4.78 is 0. The van der Waals surface area contributed by atoms with E-state index in [1.54, 1.807) is 6.08 Å². The van der Waals surface area contributed by atoms with E-state index in [0.717, 1.165) is 27.3 Å². The molecule has 0 amide bonds. The van der Waals surface area contributed by atoms with Crippen LogP contribution in [0.3, 0.4) is 0 Å². The fourth-order valence-electron chi connectivity index (χ4n) is 2.17. The molecule has 1 aromatic carbocycles. The van der Waals surface area contributed by atoms with Crippen molar-refractivity contribution in [3.8, 4) is 0 Å². The molecule has 0 bridgehead atoms. The van der Waals surface area contributed by atoms with Gasteiger partial charge in [-0.05, 0) is 37.4 Å². The Hall–Kier alpha value is -2.61. The van der Waals surface area contributed by atoms with Crippen molar-refractivity contribution in [2.24, 2.45) is 10.8 Å². The van der Waals surface area contributed by atoms with Gasteiger partial charge in [0, 0.05) is 22.8 Å². The normalized spacial score (nSPS) is 14.4. The molecule has 0 saturated heterocycles. The van der Waals surface area contributed by atoms with E-state index in [1.807, 2.05) is 37.4 Å². The Kier molecular flexibility index (Phi) is 3.68. The monoisotopic (exact) mass is 315 g/mol. The molecule has 0 fully saturated rings. The molecule has 22 heavy (non-hydrogen) atoms. The SMILES string of the molecule is CSC1=NN(Nc2ccc3nc(C)cc(N)c3c2)NC(N)=C1. The van der Waals surface area contributed by atoms with Gasteiger partial charge in [0.25, 0.3) is 0 Å². The van der Waals surface area contributed by atoms with Gasteiger partial charge < -0.3 is 11.5 Å². The first-order valence-corrected chi connectivity index (χ1v) is 7.88. The molecule has 0 unspecified atom stereocenters. The minimum absolute atomic E-state index is 0.518. The predicted molar refractivity (Wildman–Crippen MR) is 92.7 cm³/mol. The maximum atomic E-state index is 6.07. The molecule has 2 heterocycles. The van der Waals surface area contributed by atoms with Crippen molar-refractivity contribution in [3.05, 3.63) is 41.9 Å². The number of nitrogen functional groups attached to an aromatic ring is 1. The molecule has 1 aromatic heterocycles. The summed E-state index contributed by atoms with van der Waals surface area (Å²) in [6.45, 7) is 1.92. The lowest BCUT2D eigenvalue weighted by molar-refractivity contribution is 0.270. The Morgan fingerprint density at radius 1 is 1.27 bits per heavy atom. The van der Waals surface area contributed by atoms with Gasteiger partial charge in [-0.3, -0.25) is 10.4 Å². The Morgan fingerprint density at radius 2 is 2.09 bits per heavy atom. The summed E-state index contributed by atoms with van der Waals surface area (Å²) in [6, 6.07) is 7.62. The van der Waals surface area contributed by atoms with Crippen LogP contribution in [0.4, 0.5) is 11.4 Å². The van der Waals surface area contributed by atoms with Crippen molar-refractivity contribution in [2.45, 2.75) is 6.92 Å². The van der Waals surface area contributed by atoms with Crippen LogP contribution >= 0.6 is 11.8 Å². The first kappa shape index (κ1) is 14.3. The van der Waals surface area contributed by atoms with E-state index in [9.17, 15) is 0 Å². The van der Waals surface area contributed by atoms with E-state index in [-0.39, 0.29) is 0 Å². The van der Waals surface area contributed by atoms with Crippen molar-refractivity contribution in [1.82, 2.24) is 15.6 Å². The standard InChI is InChI=1S/C14H17N7S/c1-8-5-11(15)10-6-9(3-4-12(10)17-8)18-21-19-13(16)7-14(20-21)22-2/h3-7,18-19H,16H2,1-2H3,(H2,15,17). The minimum Gasteiger partial charge on any atom is -0.398 e. The zero-order chi connectivity index (χ0) is 15.7. The molecule has 0 radical (unpaired) electrons. The lowest BCUT2D eigenvalue weighted by Crippen LogP contribution is -2.43. The first-order chi connectivity index (χ1) is 10.5. The average Bonchev–Trinajstić information content (AvgIpc) is 2.47. The van der Waals surface area contributed by atoms with Crippen LogP contribution in [0.15, 0.2) is 41.3 Å². The number of fused-ring (bicyclic) bond motifs is 1. The van der Waals surface area contributed by atoms with Crippen molar-refractivity contribution in [2.75, 3.05) is 17.4 Å². The number of nitrogens with two attached hydrogens (primary N) is 2. The fraction of sp³-hybridized carbons (Fsp3) is 0.143. The first-order valence-electron chi connectivity index (χ1n) is 6.65. The number of aryl methyl sites for hydroxylation is 1. The molecule has 3 rings (SSSR count). The van der Waals surface area contributed by atoms with Gasteiger partial charge in [-0.2, -0.15) is 0 Å². The number of hydrogen-bond donors (Lipinski definition) is 4. The summed E-state index contributed by atoms with van der Waals surface area (Å²) in [5.41, 5.74) is 21.2. The highest BCUT2D eigenvalue weighted by molar-refractivity contribution is 8.13. The number of pyridine rings is 1. The Bertz CT molecular complexity index is 784.